The lowest BCUT2D eigenvalue weighted by atomic mass is 10.1. The van der Waals surface area contributed by atoms with Gasteiger partial charge in [0.2, 0.25) is 0 Å². The largest absolute Gasteiger partial charge is 0.522 e. The van der Waals surface area contributed by atoms with Crippen LogP contribution in [-0.2, 0) is 4.74 Å². The van der Waals surface area contributed by atoms with Crippen LogP contribution < -0.4 is 5.32 Å². The Balaban J connectivity index is 1.65. The highest BCUT2D eigenvalue weighted by Gasteiger charge is 2.34. The number of alkyl halides is 3. The third-order valence-electron chi connectivity index (χ3n) is 3.15. The molecular weight excluding hydrogens is 221 g/mol. The van der Waals surface area contributed by atoms with E-state index in [1.807, 2.05) is 4.90 Å². The molecule has 1 aliphatic carbocycles. The molecular formula is C10H17F3N2O. The van der Waals surface area contributed by atoms with Gasteiger partial charge in [-0.15, -0.1) is 13.2 Å². The molecule has 0 aromatic carbocycles. The molecule has 1 saturated carbocycles. The van der Waals surface area contributed by atoms with Crippen molar-refractivity contribution >= 4 is 0 Å². The molecule has 0 aromatic rings. The van der Waals surface area contributed by atoms with Crippen molar-refractivity contribution in [3.63, 3.8) is 0 Å². The van der Waals surface area contributed by atoms with Crippen molar-refractivity contribution in [3.05, 3.63) is 0 Å². The van der Waals surface area contributed by atoms with Gasteiger partial charge in [-0.3, -0.25) is 9.64 Å². The van der Waals surface area contributed by atoms with E-state index in [-0.39, 0.29) is 6.61 Å². The zero-order valence-electron chi connectivity index (χ0n) is 9.09. The van der Waals surface area contributed by atoms with Crippen molar-refractivity contribution < 1.29 is 17.9 Å². The summed E-state index contributed by atoms with van der Waals surface area (Å²) < 4.78 is 39.1. The molecule has 1 N–H and O–H groups in total. The summed E-state index contributed by atoms with van der Waals surface area (Å²) in [6.45, 7) is 2.63. The maximum atomic E-state index is 11.8. The highest BCUT2D eigenvalue weighted by atomic mass is 19.4. The second kappa shape index (κ2) is 4.89. The number of piperazine rings is 1. The highest BCUT2D eigenvalue weighted by molar-refractivity contribution is 4.91. The lowest BCUT2D eigenvalue weighted by Crippen LogP contribution is -2.52. The normalized spacial score (nSPS) is 28.3. The van der Waals surface area contributed by atoms with Gasteiger partial charge in [-0.05, 0) is 18.8 Å². The van der Waals surface area contributed by atoms with E-state index in [1.165, 1.54) is 12.8 Å². The van der Waals surface area contributed by atoms with Crippen LogP contribution in [0.25, 0.3) is 0 Å². The van der Waals surface area contributed by atoms with Gasteiger partial charge in [0.15, 0.2) is 0 Å². The minimum Gasteiger partial charge on any atom is -0.311 e. The van der Waals surface area contributed by atoms with Gasteiger partial charge in [-0.1, -0.05) is 0 Å². The zero-order valence-corrected chi connectivity index (χ0v) is 9.09. The minimum absolute atomic E-state index is 0.263. The van der Waals surface area contributed by atoms with Crippen LogP contribution in [0.1, 0.15) is 12.8 Å². The molecule has 2 rings (SSSR count). The Labute approximate surface area is 92.9 Å². The first-order valence-corrected chi connectivity index (χ1v) is 5.71. The summed E-state index contributed by atoms with van der Waals surface area (Å²) in [6, 6.07) is 0.472. The second-order valence-corrected chi connectivity index (χ2v) is 4.49. The van der Waals surface area contributed by atoms with Crippen LogP contribution in [0.15, 0.2) is 0 Å². The van der Waals surface area contributed by atoms with E-state index < -0.39 is 6.36 Å². The maximum Gasteiger partial charge on any atom is 0.522 e. The lowest BCUT2D eigenvalue weighted by Gasteiger charge is -2.33. The van der Waals surface area contributed by atoms with Crippen LogP contribution in [0.5, 0.6) is 0 Å². The first-order chi connectivity index (χ1) is 7.54. The predicted octanol–water partition coefficient (Wildman–Crippen LogP) is 1.21. The molecule has 1 atom stereocenters. The molecule has 0 radical (unpaired) electrons. The molecule has 1 unspecified atom stereocenters. The van der Waals surface area contributed by atoms with E-state index in [0.717, 1.165) is 25.6 Å². The van der Waals surface area contributed by atoms with Crippen molar-refractivity contribution in [3.8, 4) is 0 Å². The first kappa shape index (κ1) is 12.1. The highest BCUT2D eigenvalue weighted by Crippen LogP contribution is 2.33. The molecule has 2 fully saturated rings. The van der Waals surface area contributed by atoms with Gasteiger partial charge in [0.05, 0.1) is 6.61 Å². The van der Waals surface area contributed by atoms with Crippen molar-refractivity contribution in [1.29, 1.82) is 0 Å². The standard InChI is InChI=1S/C10H17F3N2O/c11-10(12,13)16-6-5-15-4-3-14-9(7-15)8-1-2-8/h8-9,14H,1-7H2. The van der Waals surface area contributed by atoms with Crippen LogP contribution >= 0.6 is 0 Å². The third kappa shape index (κ3) is 3.92. The molecule has 3 nitrogen and oxygen atoms in total. The monoisotopic (exact) mass is 238 g/mol. The van der Waals surface area contributed by atoms with Gasteiger partial charge < -0.3 is 5.32 Å². The fourth-order valence-corrected chi connectivity index (χ4v) is 2.15. The molecule has 1 heterocycles. The Morgan fingerprint density at radius 3 is 2.69 bits per heavy atom. The molecule has 0 bridgehead atoms. The number of ether oxygens (including phenoxy) is 1. The average Bonchev–Trinajstić information content (AvgIpc) is 2.99. The number of nitrogens with zero attached hydrogens (tertiary/aromatic N) is 1. The number of hydrogen-bond acceptors (Lipinski definition) is 3. The van der Waals surface area contributed by atoms with Gasteiger partial charge in [0.25, 0.3) is 0 Å². The molecule has 0 spiro atoms. The van der Waals surface area contributed by atoms with Crippen molar-refractivity contribution in [2.75, 3.05) is 32.8 Å². The summed E-state index contributed by atoms with van der Waals surface area (Å²) in [6.07, 6.45) is -1.99. The van der Waals surface area contributed by atoms with Crippen LogP contribution in [0.4, 0.5) is 13.2 Å². The Morgan fingerprint density at radius 1 is 1.31 bits per heavy atom. The van der Waals surface area contributed by atoms with Crippen LogP contribution in [0.2, 0.25) is 0 Å². The van der Waals surface area contributed by atoms with E-state index in [1.54, 1.807) is 0 Å². The first-order valence-electron chi connectivity index (χ1n) is 5.71. The number of halogens is 3. The molecule has 0 amide bonds. The second-order valence-electron chi connectivity index (χ2n) is 4.49. The molecule has 16 heavy (non-hydrogen) atoms. The zero-order chi connectivity index (χ0) is 11.6. The van der Waals surface area contributed by atoms with Crippen molar-refractivity contribution in [2.45, 2.75) is 25.2 Å². The van der Waals surface area contributed by atoms with Gasteiger partial charge in [0.1, 0.15) is 0 Å². The fraction of sp³-hybridized carbons (Fsp3) is 1.00. The quantitative estimate of drug-likeness (QED) is 0.796. The molecule has 2 aliphatic rings. The number of hydrogen-bond donors (Lipinski definition) is 1. The van der Waals surface area contributed by atoms with Crippen LogP contribution in [0.3, 0.4) is 0 Å². The molecule has 0 aromatic heterocycles. The number of rotatable bonds is 4. The topological polar surface area (TPSA) is 24.5 Å². The smallest absolute Gasteiger partial charge is 0.311 e. The third-order valence-corrected chi connectivity index (χ3v) is 3.15. The molecule has 1 saturated heterocycles. The average molecular weight is 238 g/mol. The Kier molecular flexibility index (Phi) is 3.71. The summed E-state index contributed by atoms with van der Waals surface area (Å²) in [5.74, 6) is 0.742. The predicted molar refractivity (Wildman–Crippen MR) is 53.0 cm³/mol. The molecule has 1 aliphatic heterocycles. The molecule has 6 heteroatoms. The lowest BCUT2D eigenvalue weighted by molar-refractivity contribution is -0.325. The fourth-order valence-electron chi connectivity index (χ4n) is 2.15. The van der Waals surface area contributed by atoms with Gasteiger partial charge in [-0.2, -0.15) is 0 Å². The minimum atomic E-state index is -4.50. The van der Waals surface area contributed by atoms with Gasteiger partial charge in [-0.25, -0.2) is 0 Å². The summed E-state index contributed by atoms with van der Waals surface area (Å²) >= 11 is 0. The van der Waals surface area contributed by atoms with E-state index in [9.17, 15) is 13.2 Å². The van der Waals surface area contributed by atoms with E-state index in [4.69, 9.17) is 0 Å². The number of nitrogens with one attached hydrogen (secondary N) is 1. The summed E-state index contributed by atoms with van der Waals surface area (Å²) in [4.78, 5) is 2.05. The van der Waals surface area contributed by atoms with Crippen LogP contribution in [0, 0.1) is 5.92 Å². The summed E-state index contributed by atoms with van der Waals surface area (Å²) in [5, 5.41) is 3.41. The Bertz CT molecular complexity index is 231. The van der Waals surface area contributed by atoms with Crippen molar-refractivity contribution in [1.82, 2.24) is 10.2 Å². The van der Waals surface area contributed by atoms with E-state index in [2.05, 4.69) is 10.1 Å². The SMILES string of the molecule is FC(F)(F)OCCN1CCNC(C2CC2)C1. The maximum absolute atomic E-state index is 11.8. The van der Waals surface area contributed by atoms with Crippen LogP contribution in [-0.4, -0.2) is 50.1 Å². The van der Waals surface area contributed by atoms with E-state index in [0.29, 0.717) is 12.6 Å². The Hall–Kier alpha value is -0.330. The molecule has 94 valence electrons. The Morgan fingerprint density at radius 2 is 2.06 bits per heavy atom. The van der Waals surface area contributed by atoms with Gasteiger partial charge >= 0.3 is 6.36 Å². The summed E-state index contributed by atoms with van der Waals surface area (Å²) in [5.41, 5.74) is 0. The van der Waals surface area contributed by atoms with E-state index >= 15 is 0 Å². The van der Waals surface area contributed by atoms with Gasteiger partial charge in [0, 0.05) is 32.2 Å². The van der Waals surface area contributed by atoms with Crippen molar-refractivity contribution in [2.24, 2.45) is 5.92 Å². The summed E-state index contributed by atoms with van der Waals surface area (Å²) in [7, 11) is 0.